The number of phosphoric ester groups is 3. The molecule has 5 heterocycles. The van der Waals surface area contributed by atoms with Gasteiger partial charge in [0, 0.05) is 18.0 Å². The van der Waals surface area contributed by atoms with Crippen molar-refractivity contribution >= 4 is 46.4 Å². The van der Waals surface area contributed by atoms with E-state index in [2.05, 4.69) is 23.8 Å². The van der Waals surface area contributed by atoms with Crippen LogP contribution in [-0.2, 0) is 45.8 Å². The van der Waals surface area contributed by atoms with E-state index < -0.39 is 91.7 Å². The number of imidazole rings is 1. The third-order valence-electron chi connectivity index (χ3n) is 7.11. The van der Waals surface area contributed by atoms with Gasteiger partial charge in [-0.15, -0.1) is 0 Å². The van der Waals surface area contributed by atoms with Crippen molar-refractivity contribution in [2.45, 2.75) is 55.5 Å². The molecule has 0 bridgehead atoms. The predicted molar refractivity (Wildman–Crippen MR) is 153 cm³/mol. The number of rotatable bonds is 13. The SMILES string of the molecule is NC(=O)C1=CN([C@@H]2O[C@H](COP(=O)(O)OP(=O)(O)OC[C@H]3O[C@@H](n4cnc5c(N)ncnc54)[C@@H](OP(=O)(O)O)C3O)C(O)[C@@H]2O)C=CC1. The molecule has 48 heavy (non-hydrogen) atoms. The number of hydrogen-bond acceptors (Lipinski definition) is 18. The van der Waals surface area contributed by atoms with Crippen LogP contribution >= 0.6 is 23.5 Å². The average molecular weight is 745 g/mol. The minimum absolute atomic E-state index is 0.00424. The van der Waals surface area contributed by atoms with Gasteiger partial charge in [-0.05, 0) is 6.42 Å². The van der Waals surface area contributed by atoms with Crippen LogP contribution in [0, 0.1) is 0 Å². The number of anilines is 1. The Morgan fingerprint density at radius 2 is 1.56 bits per heavy atom. The van der Waals surface area contributed by atoms with Gasteiger partial charge in [0.05, 0.1) is 19.5 Å². The molecule has 1 amide bonds. The Bertz CT molecular complexity index is 1740. The van der Waals surface area contributed by atoms with Crippen molar-refractivity contribution in [2.24, 2.45) is 5.73 Å². The number of nitrogens with two attached hydrogens (primary N) is 2. The summed E-state index contributed by atoms with van der Waals surface area (Å²) in [6.07, 6.45) is -6.47. The number of nitrogen functional groups attached to an aromatic ring is 1. The molecule has 3 aliphatic heterocycles. The standard InChI is InChI=1S/C21H30N7O17P3/c22-17-12-19(25-7-24-17)28(8-26-12)21-16(44-46(33,34)35)14(30)11(43-21)6-41-48(38,39)45-47(36,37)40-5-10-13(29)15(31)20(42-10)27-3-1-2-9(4-27)18(23)32/h1,3-4,7-8,10-11,13-16,20-21,29-31H,2,5-6H2,(H2,23,32)(H,36,37)(H,38,39)(H2,22,24,25)(H2,33,34,35)/t10-,11-,13?,14?,15+,16+,20-,21-/m1/s1. The zero-order valence-corrected chi connectivity index (χ0v) is 26.8. The quantitative estimate of drug-likeness (QED) is 0.0951. The Balaban J connectivity index is 1.20. The van der Waals surface area contributed by atoms with Crippen molar-refractivity contribution in [3.63, 3.8) is 0 Å². The van der Waals surface area contributed by atoms with E-state index in [-0.39, 0.29) is 29.0 Å². The maximum absolute atomic E-state index is 12.6. The van der Waals surface area contributed by atoms with Gasteiger partial charge in [-0.3, -0.25) is 22.9 Å². The van der Waals surface area contributed by atoms with E-state index in [4.69, 9.17) is 30.0 Å². The van der Waals surface area contributed by atoms with E-state index in [1.54, 1.807) is 0 Å². The normalized spacial score (nSPS) is 31.9. The van der Waals surface area contributed by atoms with Crippen LogP contribution in [0.3, 0.4) is 0 Å². The first kappa shape index (κ1) is 36.5. The van der Waals surface area contributed by atoms with Crippen LogP contribution in [0.15, 0.2) is 36.7 Å². The van der Waals surface area contributed by atoms with Crippen LogP contribution in [0.1, 0.15) is 12.6 Å². The van der Waals surface area contributed by atoms with Crippen molar-refractivity contribution in [1.82, 2.24) is 24.4 Å². The number of aromatic nitrogens is 4. The lowest BCUT2D eigenvalue weighted by Crippen LogP contribution is -2.40. The van der Waals surface area contributed by atoms with Crippen molar-refractivity contribution in [2.75, 3.05) is 18.9 Å². The first-order valence-corrected chi connectivity index (χ1v) is 18.0. The smallest absolute Gasteiger partial charge is 0.387 e. The molecule has 4 unspecified atom stereocenters. The van der Waals surface area contributed by atoms with Crippen LogP contribution in [0.2, 0.25) is 0 Å². The number of carbonyl (C=O) groups excluding carboxylic acids is 1. The molecule has 0 spiro atoms. The molecular formula is C21H30N7O17P3. The second-order valence-electron chi connectivity index (χ2n) is 10.4. The molecule has 10 atom stereocenters. The molecule has 0 aromatic carbocycles. The fourth-order valence-electron chi connectivity index (χ4n) is 4.93. The van der Waals surface area contributed by atoms with E-state index in [1.807, 2.05) is 0 Å². The van der Waals surface area contributed by atoms with Crippen LogP contribution in [0.5, 0.6) is 0 Å². The van der Waals surface area contributed by atoms with Crippen LogP contribution < -0.4 is 11.5 Å². The predicted octanol–water partition coefficient (Wildman–Crippen LogP) is -2.57. The molecule has 3 aliphatic rings. The first-order chi connectivity index (χ1) is 22.4. The number of nitrogens with zero attached hydrogens (tertiary/aromatic N) is 5. The summed E-state index contributed by atoms with van der Waals surface area (Å²) in [5.41, 5.74) is 11.3. The summed E-state index contributed by atoms with van der Waals surface area (Å²) in [4.78, 5) is 63.4. The molecule has 24 nitrogen and oxygen atoms in total. The van der Waals surface area contributed by atoms with Crippen LogP contribution in [0.4, 0.5) is 5.82 Å². The van der Waals surface area contributed by atoms with E-state index in [1.165, 1.54) is 23.4 Å². The number of fused-ring (bicyclic) bond motifs is 1. The zero-order valence-electron chi connectivity index (χ0n) is 24.1. The fourth-order valence-corrected chi connectivity index (χ4v) is 7.57. The minimum Gasteiger partial charge on any atom is -0.387 e. The maximum atomic E-state index is 12.6. The average Bonchev–Trinajstić information content (AvgIpc) is 3.64. The molecule has 0 radical (unpaired) electrons. The van der Waals surface area contributed by atoms with Crippen LogP contribution in [-0.4, -0.2) is 121 Å². The second-order valence-corrected chi connectivity index (χ2v) is 14.6. The number of carbonyl (C=O) groups is 1. The van der Waals surface area contributed by atoms with Crippen molar-refractivity contribution in [1.29, 1.82) is 0 Å². The van der Waals surface area contributed by atoms with Crippen molar-refractivity contribution < 1.29 is 80.7 Å². The van der Waals surface area contributed by atoms with Gasteiger partial charge in [0.25, 0.3) is 0 Å². The van der Waals surface area contributed by atoms with Gasteiger partial charge in [0.2, 0.25) is 5.91 Å². The van der Waals surface area contributed by atoms with Gasteiger partial charge < -0.3 is 60.7 Å². The summed E-state index contributed by atoms with van der Waals surface area (Å²) in [5.74, 6) is -0.791. The summed E-state index contributed by atoms with van der Waals surface area (Å²) in [6.45, 7) is -2.02. The van der Waals surface area contributed by atoms with Gasteiger partial charge in [-0.1, -0.05) is 6.08 Å². The molecule has 27 heteroatoms. The lowest BCUT2D eigenvalue weighted by Gasteiger charge is -2.28. The molecule has 2 fully saturated rings. The molecular weight excluding hydrogens is 715 g/mol. The highest BCUT2D eigenvalue weighted by Gasteiger charge is 2.51. The molecule has 2 aromatic heterocycles. The topological polar surface area (TPSA) is 364 Å². The van der Waals surface area contributed by atoms with Gasteiger partial charge in [0.1, 0.15) is 48.5 Å². The summed E-state index contributed by atoms with van der Waals surface area (Å²) in [7, 11) is -16.3. The molecule has 0 aliphatic carbocycles. The first-order valence-electron chi connectivity index (χ1n) is 13.5. The monoisotopic (exact) mass is 745 g/mol. The summed E-state index contributed by atoms with van der Waals surface area (Å²) < 4.78 is 67.2. The Kier molecular flexibility index (Phi) is 10.6. The van der Waals surface area contributed by atoms with Gasteiger partial charge in [-0.25, -0.2) is 28.6 Å². The van der Waals surface area contributed by atoms with E-state index in [9.17, 15) is 53.4 Å². The highest BCUT2D eigenvalue weighted by Crippen LogP contribution is 2.61. The lowest BCUT2D eigenvalue weighted by atomic mass is 10.1. The van der Waals surface area contributed by atoms with Gasteiger partial charge in [0.15, 0.2) is 23.9 Å². The third kappa shape index (κ3) is 8.17. The number of phosphoric acid groups is 3. The van der Waals surface area contributed by atoms with E-state index >= 15 is 0 Å². The molecule has 266 valence electrons. The zero-order chi connectivity index (χ0) is 35.2. The third-order valence-corrected chi connectivity index (χ3v) is 10.2. The number of amides is 1. The number of aliphatic hydroxyl groups excluding tert-OH is 3. The summed E-state index contributed by atoms with van der Waals surface area (Å²) >= 11 is 0. The Hall–Kier alpha value is -2.73. The molecule has 11 N–H and O–H groups in total. The highest BCUT2D eigenvalue weighted by molar-refractivity contribution is 7.61. The molecule has 5 rings (SSSR count). The molecule has 2 aromatic rings. The maximum Gasteiger partial charge on any atom is 0.481 e. The molecule has 0 saturated carbocycles. The number of aliphatic hydroxyl groups is 3. The second kappa shape index (κ2) is 13.9. The van der Waals surface area contributed by atoms with E-state index in [0.717, 1.165) is 17.2 Å². The lowest BCUT2D eigenvalue weighted by molar-refractivity contribution is -0.115. The van der Waals surface area contributed by atoms with Gasteiger partial charge in [-0.2, -0.15) is 4.31 Å². The number of primary amides is 1. The molecule has 2 saturated heterocycles. The van der Waals surface area contributed by atoms with E-state index in [0.29, 0.717) is 0 Å². The van der Waals surface area contributed by atoms with Gasteiger partial charge >= 0.3 is 23.5 Å². The number of ether oxygens (including phenoxy) is 2. The summed E-state index contributed by atoms with van der Waals surface area (Å²) in [5, 5.41) is 31.5. The van der Waals surface area contributed by atoms with Crippen molar-refractivity contribution in [3.8, 4) is 0 Å². The Morgan fingerprint density at radius 1 is 0.938 bits per heavy atom. The Labute approximate surface area is 268 Å². The summed E-state index contributed by atoms with van der Waals surface area (Å²) in [6, 6.07) is 0. The van der Waals surface area contributed by atoms with Crippen LogP contribution in [0.25, 0.3) is 11.2 Å². The largest absolute Gasteiger partial charge is 0.481 e. The van der Waals surface area contributed by atoms with Crippen molar-refractivity contribution in [3.05, 3.63) is 36.7 Å². The Morgan fingerprint density at radius 3 is 2.19 bits per heavy atom. The highest BCUT2D eigenvalue weighted by atomic mass is 31.3. The number of hydrogen-bond donors (Lipinski definition) is 9. The fraction of sp³-hybridized carbons (Fsp3) is 0.524. The number of allylic oxidation sites excluding steroid dienone is 1. The minimum atomic E-state index is -5.52.